The Kier molecular flexibility index (Phi) is 8.24. The molecule has 0 aromatic heterocycles. The van der Waals surface area contributed by atoms with Gasteiger partial charge in [0.05, 0.1) is 0 Å². The molecule has 0 saturated carbocycles. The molecule has 2 aliphatic rings. The summed E-state index contributed by atoms with van der Waals surface area (Å²) in [6.45, 7) is 1.24. The largest absolute Gasteiger partial charge is 0.492 e. The topological polar surface area (TPSA) is 36.9 Å². The Bertz CT molecular complexity index is 2430. The van der Waals surface area contributed by atoms with Crippen molar-refractivity contribution in [1.29, 1.82) is 0 Å². The van der Waals surface area contributed by atoms with Crippen LogP contribution in [0.25, 0.3) is 65.3 Å². The van der Waals surface area contributed by atoms with E-state index >= 15 is 0 Å². The standard InChI is InChI=1S/C45H28Br4O4/c46-29-5-9-33-25(17-29)1-13-37-41(33)42-34-10-6-30(47)18-26(34)2-14-38(42)51-22-45(21-50-37)23-52-39-15-3-27-19-31(48)7-11-35(27)43(39)44-36-12-8-32(49)20-28(36)4-16-40(44)53-24-45/h1-20H,21-24H2. The van der Waals surface area contributed by atoms with Gasteiger partial charge < -0.3 is 18.9 Å². The molecule has 8 aromatic rings. The van der Waals surface area contributed by atoms with Crippen LogP contribution in [0.4, 0.5) is 0 Å². The first kappa shape index (κ1) is 33.5. The van der Waals surface area contributed by atoms with Crippen molar-refractivity contribution in [2.75, 3.05) is 26.4 Å². The Morgan fingerprint density at radius 1 is 0.321 bits per heavy atom. The summed E-state index contributed by atoms with van der Waals surface area (Å²) in [5, 5.41) is 8.78. The first-order valence-electron chi connectivity index (χ1n) is 17.2. The van der Waals surface area contributed by atoms with Crippen LogP contribution in [-0.4, -0.2) is 26.4 Å². The lowest BCUT2D eigenvalue weighted by atomic mass is 9.92. The predicted molar refractivity (Wildman–Crippen MR) is 229 cm³/mol. The molecular weight excluding hydrogens is 924 g/mol. The van der Waals surface area contributed by atoms with E-state index in [0.29, 0.717) is 26.4 Å². The lowest BCUT2D eigenvalue weighted by molar-refractivity contribution is -0.00105. The summed E-state index contributed by atoms with van der Waals surface area (Å²) in [5.74, 6) is 3.15. The van der Waals surface area contributed by atoms with Gasteiger partial charge in [-0.15, -0.1) is 0 Å². The zero-order valence-electron chi connectivity index (χ0n) is 28.0. The quantitative estimate of drug-likeness (QED) is 0.152. The lowest BCUT2D eigenvalue weighted by Crippen LogP contribution is -2.45. The van der Waals surface area contributed by atoms with Crippen LogP contribution in [0.1, 0.15) is 0 Å². The average molecular weight is 952 g/mol. The number of halogens is 4. The molecule has 1 spiro atoms. The van der Waals surface area contributed by atoms with Crippen molar-refractivity contribution < 1.29 is 18.9 Å². The predicted octanol–water partition coefficient (Wildman–Crippen LogP) is 13.9. The van der Waals surface area contributed by atoms with Gasteiger partial charge in [-0.2, -0.15) is 0 Å². The fraction of sp³-hybridized carbons (Fsp3) is 0.111. The highest BCUT2D eigenvalue weighted by Gasteiger charge is 2.39. The van der Waals surface area contributed by atoms with Gasteiger partial charge >= 0.3 is 0 Å². The van der Waals surface area contributed by atoms with Gasteiger partial charge in [0.2, 0.25) is 0 Å². The molecule has 0 unspecified atom stereocenters. The number of fused-ring (bicyclic) bond motifs is 14. The minimum Gasteiger partial charge on any atom is -0.492 e. The smallest absolute Gasteiger partial charge is 0.127 e. The number of ether oxygens (including phenoxy) is 4. The second-order valence-corrected chi connectivity index (χ2v) is 17.5. The highest BCUT2D eigenvalue weighted by Crippen LogP contribution is 2.50. The van der Waals surface area contributed by atoms with Crippen LogP contribution in [0.5, 0.6) is 23.0 Å². The van der Waals surface area contributed by atoms with Crippen LogP contribution < -0.4 is 18.9 Å². The molecule has 0 amide bonds. The maximum absolute atomic E-state index is 6.98. The van der Waals surface area contributed by atoms with E-state index < -0.39 is 5.41 Å². The molecule has 8 heteroatoms. The van der Waals surface area contributed by atoms with Crippen LogP contribution in [0, 0.1) is 5.41 Å². The zero-order chi connectivity index (χ0) is 35.8. The van der Waals surface area contributed by atoms with E-state index in [-0.39, 0.29) is 0 Å². The first-order chi connectivity index (χ1) is 25.8. The minimum atomic E-state index is -0.690. The van der Waals surface area contributed by atoms with Crippen LogP contribution >= 0.6 is 63.7 Å². The van der Waals surface area contributed by atoms with Crippen molar-refractivity contribution in [2.24, 2.45) is 5.41 Å². The van der Waals surface area contributed by atoms with Crippen molar-refractivity contribution in [3.8, 4) is 45.3 Å². The van der Waals surface area contributed by atoms with Gasteiger partial charge in [0.15, 0.2) is 0 Å². The summed E-state index contributed by atoms with van der Waals surface area (Å²) >= 11 is 14.7. The summed E-state index contributed by atoms with van der Waals surface area (Å²) in [6.07, 6.45) is 0. The number of rotatable bonds is 0. The lowest BCUT2D eigenvalue weighted by Gasteiger charge is -2.32. The van der Waals surface area contributed by atoms with Gasteiger partial charge in [0.25, 0.3) is 0 Å². The Morgan fingerprint density at radius 3 is 0.811 bits per heavy atom. The molecule has 2 aliphatic heterocycles. The molecule has 0 N–H and O–H groups in total. The molecule has 260 valence electrons. The maximum atomic E-state index is 6.98. The molecule has 2 heterocycles. The molecule has 0 bridgehead atoms. The number of hydrogen-bond acceptors (Lipinski definition) is 4. The molecule has 10 rings (SSSR count). The van der Waals surface area contributed by atoms with E-state index in [1.807, 2.05) is 0 Å². The fourth-order valence-electron chi connectivity index (χ4n) is 7.81. The van der Waals surface area contributed by atoms with Gasteiger partial charge in [0, 0.05) is 40.1 Å². The van der Waals surface area contributed by atoms with E-state index in [1.54, 1.807) is 0 Å². The molecule has 0 aliphatic carbocycles. The zero-order valence-corrected chi connectivity index (χ0v) is 34.4. The first-order valence-corrected chi connectivity index (χ1v) is 20.4. The molecule has 0 saturated heterocycles. The van der Waals surface area contributed by atoms with E-state index in [1.165, 1.54) is 0 Å². The van der Waals surface area contributed by atoms with E-state index in [4.69, 9.17) is 18.9 Å². The van der Waals surface area contributed by atoms with Crippen LogP contribution in [0.2, 0.25) is 0 Å². The minimum absolute atomic E-state index is 0.311. The molecular formula is C45H28Br4O4. The highest BCUT2D eigenvalue weighted by atomic mass is 79.9. The second kappa shape index (κ2) is 13.0. The fourth-order valence-corrected chi connectivity index (χ4v) is 9.32. The monoisotopic (exact) mass is 948 g/mol. The van der Waals surface area contributed by atoms with Gasteiger partial charge in [-0.3, -0.25) is 0 Å². The van der Waals surface area contributed by atoms with E-state index in [0.717, 1.165) is 106 Å². The van der Waals surface area contributed by atoms with Crippen molar-refractivity contribution in [1.82, 2.24) is 0 Å². The average Bonchev–Trinajstić information content (AvgIpc) is 3.27. The van der Waals surface area contributed by atoms with Crippen molar-refractivity contribution in [2.45, 2.75) is 0 Å². The molecule has 4 nitrogen and oxygen atoms in total. The normalized spacial score (nSPS) is 14.9. The van der Waals surface area contributed by atoms with Gasteiger partial charge in [0.1, 0.15) is 54.8 Å². The van der Waals surface area contributed by atoms with Gasteiger partial charge in [-0.05, 0) is 116 Å². The van der Waals surface area contributed by atoms with Crippen molar-refractivity contribution in [3.63, 3.8) is 0 Å². The molecule has 0 atom stereocenters. The van der Waals surface area contributed by atoms with Crippen molar-refractivity contribution in [3.05, 3.63) is 139 Å². The third-order valence-electron chi connectivity index (χ3n) is 10.4. The maximum Gasteiger partial charge on any atom is 0.127 e. The van der Waals surface area contributed by atoms with Crippen molar-refractivity contribution >= 4 is 107 Å². The number of benzene rings is 8. The van der Waals surface area contributed by atoms with Crippen LogP contribution in [0.15, 0.2) is 139 Å². The summed E-state index contributed by atoms with van der Waals surface area (Å²) in [6, 6.07) is 42.4. The summed E-state index contributed by atoms with van der Waals surface area (Å²) in [7, 11) is 0. The Labute approximate surface area is 339 Å². The summed E-state index contributed by atoms with van der Waals surface area (Å²) in [5.41, 5.74) is 3.33. The molecule has 0 radical (unpaired) electrons. The van der Waals surface area contributed by atoms with Crippen LogP contribution in [0.3, 0.4) is 0 Å². The van der Waals surface area contributed by atoms with Crippen LogP contribution in [-0.2, 0) is 0 Å². The van der Waals surface area contributed by atoms with Gasteiger partial charge in [-0.1, -0.05) is 112 Å². The van der Waals surface area contributed by atoms with Gasteiger partial charge in [-0.25, -0.2) is 0 Å². The Morgan fingerprint density at radius 2 is 0.566 bits per heavy atom. The number of hydrogen-bond donors (Lipinski definition) is 0. The molecule has 53 heavy (non-hydrogen) atoms. The summed E-state index contributed by atoms with van der Waals surface area (Å²) < 4.78 is 32.0. The summed E-state index contributed by atoms with van der Waals surface area (Å²) in [4.78, 5) is 0. The third kappa shape index (κ3) is 5.81. The van der Waals surface area contributed by atoms with E-state index in [2.05, 4.69) is 185 Å². The molecule has 0 fully saturated rings. The Hall–Kier alpha value is -4.08. The highest BCUT2D eigenvalue weighted by molar-refractivity contribution is 9.11. The molecule has 8 aromatic carbocycles. The third-order valence-corrected chi connectivity index (χ3v) is 12.4. The Balaban J connectivity index is 1.16. The second-order valence-electron chi connectivity index (χ2n) is 13.9. The van der Waals surface area contributed by atoms with E-state index in [9.17, 15) is 0 Å². The SMILES string of the molecule is Brc1ccc2c3c(ccc2c1)OCC1(COc2ccc4cc(Br)ccc4c2-3)COc2ccc3cc(Br)ccc3c2-c2c(ccc3cc(Br)ccc23)OC1.